The molecule has 0 aliphatic carbocycles. The summed E-state index contributed by atoms with van der Waals surface area (Å²) in [6, 6.07) is 36.8. The topological polar surface area (TPSA) is 13.0 Å². The van der Waals surface area contributed by atoms with Crippen molar-refractivity contribution in [3.63, 3.8) is 0 Å². The lowest BCUT2D eigenvalue weighted by atomic mass is 9.33. The third-order valence-corrected chi connectivity index (χ3v) is 18.9. The standard InChI is InChI=1S/C46H53BN2.C46H55ClN2.2CH4/c1-43(2,3)30-16-22-34(23-17-30)48-38-26-20-32(45(7,8)9)28-36(38)47-37-29-33(46(10,11)12)21-27-39(37)49(41-15-13-14-40(48)42(41)47)35-24-18-31(19-25-35)44(4,5)6;1-43(2,3)32-16-24-36(25-17-32)48(37-26-18-33(19-27-37)44(4,5)6)40-14-13-15-41(42(40)47)49(38-28-20-34(21-29-38)45(7,8)9)39-30-22-35(23-31-39)46(10,11)12;;/h13-29H,1-12H3;13-31H,1-12H3;2*1H4/i16D,17D,18D,19D,22D,23D,24D,25D;16D,17D,20D,21D,24D,25D,28D,29D;;. The van der Waals surface area contributed by atoms with Crippen LogP contribution in [0.15, 0.2) is 218 Å². The van der Waals surface area contributed by atoms with Gasteiger partial charge in [-0.3, -0.25) is 0 Å². The second-order valence-electron chi connectivity index (χ2n) is 34.6. The van der Waals surface area contributed by atoms with Gasteiger partial charge < -0.3 is 19.6 Å². The van der Waals surface area contributed by atoms with Crippen molar-refractivity contribution >= 4 is 103 Å². The minimum atomic E-state index is -0.671. The van der Waals surface area contributed by atoms with Gasteiger partial charge in [-0.15, -0.1) is 0 Å². The fourth-order valence-electron chi connectivity index (χ4n) is 12.4. The number of fused-ring (bicyclic) bond motifs is 4. The van der Waals surface area contributed by atoms with Gasteiger partial charge in [0.2, 0.25) is 0 Å². The van der Waals surface area contributed by atoms with E-state index in [1.54, 1.807) is 28.0 Å². The van der Waals surface area contributed by atoms with Gasteiger partial charge in [0.15, 0.2) is 0 Å². The molecule has 100 heavy (non-hydrogen) atoms. The van der Waals surface area contributed by atoms with Crippen LogP contribution in [0, 0.1) is 0 Å². The minimum absolute atomic E-state index is 0. The SMILES string of the molecule is C.C.[2H]c1c([2H])c(C(C)(C)C)c([2H])c([2H])c1N(c1ccc(C(C)(C)C)cc1)c1cccc(N(c2ccc(C(C)(C)C)cc2)c2c([2H])c([2H])c(C(C)(C)C)c([2H])c2[2H])c1Cl.[2H]c1c([2H])c(C(C)(C)C)c([2H])c([2H])c1N1c2ccc(C(C)(C)C)cc2B2c3cc(C(C)(C)C)ccc3N(c3c([2H])c([2H])c(C(C)(C)C)c([2H])c3[2H])c3cccc1c32. The molecule has 0 spiro atoms. The predicted molar refractivity (Wildman–Crippen MR) is 444 cm³/mol. The summed E-state index contributed by atoms with van der Waals surface area (Å²) in [4.78, 5) is 7.03. The highest BCUT2D eigenvalue weighted by Crippen LogP contribution is 2.50. The van der Waals surface area contributed by atoms with E-state index in [4.69, 9.17) is 17.1 Å². The van der Waals surface area contributed by atoms with Gasteiger partial charge in [0.25, 0.3) is 6.71 Å². The van der Waals surface area contributed by atoms with Crippen molar-refractivity contribution in [3.8, 4) is 0 Å². The highest BCUT2D eigenvalue weighted by atomic mass is 35.5. The van der Waals surface area contributed by atoms with Crippen LogP contribution in [-0.2, 0) is 43.3 Å². The molecular formula is C94H116BClN4. The highest BCUT2D eigenvalue weighted by molar-refractivity contribution is 7.00. The summed E-state index contributed by atoms with van der Waals surface area (Å²) in [5, 5.41) is 0.130. The minimum Gasteiger partial charge on any atom is -0.311 e. The smallest absolute Gasteiger partial charge is 0.252 e. The molecule has 0 atom stereocenters. The fraction of sp³-hybridized carbons (Fsp3) is 0.362. The Kier molecular flexibility index (Phi) is 15.6. The van der Waals surface area contributed by atoms with Gasteiger partial charge in [0, 0.05) is 56.9 Å². The van der Waals surface area contributed by atoms with Crippen LogP contribution in [0.4, 0.5) is 68.2 Å². The average Bonchev–Trinajstić information content (AvgIpc) is 0.688. The van der Waals surface area contributed by atoms with E-state index in [1.807, 2.05) is 172 Å². The normalized spacial score (nSPS) is 15.5. The number of benzene rings is 10. The maximum Gasteiger partial charge on any atom is 0.252 e. The number of hydrogen-bond donors (Lipinski definition) is 0. The molecule has 0 amide bonds. The van der Waals surface area contributed by atoms with Crippen molar-refractivity contribution in [2.45, 2.75) is 224 Å². The molecule has 0 fully saturated rings. The van der Waals surface area contributed by atoms with Crippen LogP contribution in [0.3, 0.4) is 0 Å². The molecule has 522 valence electrons. The number of nitrogens with zero attached hydrogens (tertiary/aromatic N) is 4. The van der Waals surface area contributed by atoms with E-state index in [-0.39, 0.29) is 168 Å². The van der Waals surface area contributed by atoms with Crippen molar-refractivity contribution in [2.24, 2.45) is 0 Å². The molecule has 10 aromatic carbocycles. The van der Waals surface area contributed by atoms with Gasteiger partial charge in [0.05, 0.1) is 38.3 Å². The third-order valence-electron chi connectivity index (χ3n) is 18.5. The third kappa shape index (κ3) is 15.5. The van der Waals surface area contributed by atoms with Crippen LogP contribution in [0.25, 0.3) is 0 Å². The Morgan fingerprint density at radius 1 is 0.290 bits per heavy atom. The van der Waals surface area contributed by atoms with E-state index in [9.17, 15) is 16.4 Å². The molecule has 0 aromatic heterocycles. The van der Waals surface area contributed by atoms with E-state index >= 15 is 0 Å². The highest BCUT2D eigenvalue weighted by Gasteiger charge is 2.44. The Bertz CT molecular complexity index is 5080. The lowest BCUT2D eigenvalue weighted by molar-refractivity contribution is 0.590. The summed E-state index contributed by atoms with van der Waals surface area (Å²) < 4.78 is 149. The lowest BCUT2D eigenvalue weighted by Gasteiger charge is -2.45. The summed E-state index contributed by atoms with van der Waals surface area (Å²) in [5.41, 5.74) is 9.83. The molecule has 6 heteroatoms. The fourth-order valence-corrected chi connectivity index (χ4v) is 12.7. The van der Waals surface area contributed by atoms with Gasteiger partial charge in [-0.2, -0.15) is 0 Å². The Morgan fingerprint density at radius 2 is 0.550 bits per heavy atom. The van der Waals surface area contributed by atoms with Crippen molar-refractivity contribution in [2.75, 3.05) is 19.6 Å². The van der Waals surface area contributed by atoms with Gasteiger partial charge in [-0.25, -0.2) is 0 Å². The average molecular weight is 1360 g/mol. The van der Waals surface area contributed by atoms with Gasteiger partial charge in [0.1, 0.15) is 0 Å². The molecule has 0 saturated heterocycles. The zero-order chi connectivity index (χ0) is 85.1. The first-order valence-electron chi connectivity index (χ1n) is 42.3. The van der Waals surface area contributed by atoms with Crippen molar-refractivity contribution in [3.05, 3.63) is 268 Å². The molecule has 0 bridgehead atoms. The number of hydrogen-bond acceptors (Lipinski definition) is 4. The van der Waals surface area contributed by atoms with E-state index in [1.165, 1.54) is 0 Å². The van der Waals surface area contributed by atoms with Crippen LogP contribution >= 0.6 is 11.6 Å². The van der Waals surface area contributed by atoms with E-state index in [0.717, 1.165) is 50.0 Å². The molecule has 10 aromatic rings. The predicted octanol–water partition coefficient (Wildman–Crippen LogP) is 26.7. The van der Waals surface area contributed by atoms with E-state index < -0.39 is 21.7 Å². The van der Waals surface area contributed by atoms with Crippen LogP contribution in [0.2, 0.25) is 5.02 Å². The summed E-state index contributed by atoms with van der Waals surface area (Å²) in [6.07, 6.45) is 0. The molecule has 0 saturated carbocycles. The monoisotopic (exact) mass is 1360 g/mol. The van der Waals surface area contributed by atoms with Crippen LogP contribution in [-0.4, -0.2) is 6.71 Å². The molecule has 12 rings (SSSR count). The zero-order valence-electron chi connectivity index (χ0n) is 78.3. The zero-order valence-corrected chi connectivity index (χ0v) is 63.0. The first-order valence-corrected chi connectivity index (χ1v) is 34.7. The molecule has 2 heterocycles. The van der Waals surface area contributed by atoms with Gasteiger partial charge in [-0.05, 0) is 213 Å². The molecule has 0 N–H and O–H groups in total. The number of rotatable bonds is 8. The first-order chi connectivity index (χ1) is 52.3. The second kappa shape index (κ2) is 27.6. The molecule has 4 nitrogen and oxygen atoms in total. The van der Waals surface area contributed by atoms with Crippen molar-refractivity contribution < 1.29 is 21.9 Å². The lowest BCUT2D eigenvalue weighted by Crippen LogP contribution is -2.61. The molecule has 2 aliphatic rings. The Hall–Kier alpha value is -8.25. The largest absolute Gasteiger partial charge is 0.311 e. The van der Waals surface area contributed by atoms with Crippen LogP contribution in [0.5, 0.6) is 0 Å². The van der Waals surface area contributed by atoms with Gasteiger partial charge >= 0.3 is 0 Å². The van der Waals surface area contributed by atoms with E-state index in [2.05, 4.69) is 107 Å². The number of anilines is 12. The second-order valence-corrected chi connectivity index (χ2v) is 35.0. The van der Waals surface area contributed by atoms with Crippen LogP contribution < -0.4 is 36.0 Å². The first kappa shape index (κ1) is 56.4. The Morgan fingerprint density at radius 3 is 0.830 bits per heavy atom. The molecule has 2 aliphatic heterocycles. The van der Waals surface area contributed by atoms with Gasteiger partial charge in [-0.1, -0.05) is 302 Å². The Labute approximate surface area is 633 Å². The quantitative estimate of drug-likeness (QED) is 0.141. The van der Waals surface area contributed by atoms with E-state index in [0.29, 0.717) is 56.4 Å². The van der Waals surface area contributed by atoms with Crippen molar-refractivity contribution in [1.29, 1.82) is 0 Å². The molecule has 0 unspecified atom stereocenters. The molecular weight excluding hydrogens is 1230 g/mol. The summed E-state index contributed by atoms with van der Waals surface area (Å²) >= 11 is 7.57. The van der Waals surface area contributed by atoms with Crippen LogP contribution in [0.1, 0.15) is 247 Å². The maximum absolute atomic E-state index is 9.50. The Balaban J connectivity index is 0.000000261. The summed E-state index contributed by atoms with van der Waals surface area (Å²) in [6.45, 7) is 47.9. The van der Waals surface area contributed by atoms with Crippen molar-refractivity contribution in [1.82, 2.24) is 0 Å². The number of halogens is 1. The summed E-state index contributed by atoms with van der Waals surface area (Å²) in [5.74, 6) is 0. The molecule has 0 radical (unpaired) electrons. The maximum atomic E-state index is 9.50. The summed E-state index contributed by atoms with van der Waals surface area (Å²) in [7, 11) is 0.